The molecule has 2 aromatic carbocycles. The number of hydrazone groups is 1. The van der Waals surface area contributed by atoms with E-state index >= 15 is 0 Å². The number of amides is 1. The van der Waals surface area contributed by atoms with E-state index in [9.17, 15) is 9.18 Å². The number of fused-ring (bicyclic) bond motifs is 1. The van der Waals surface area contributed by atoms with E-state index in [-0.39, 0.29) is 18.1 Å². The van der Waals surface area contributed by atoms with Crippen molar-refractivity contribution in [3.8, 4) is 22.8 Å². The lowest BCUT2D eigenvalue weighted by Crippen LogP contribution is -2.23. The van der Waals surface area contributed by atoms with Gasteiger partial charge in [-0.3, -0.25) is 4.79 Å². The van der Waals surface area contributed by atoms with Crippen molar-refractivity contribution in [2.75, 3.05) is 5.73 Å². The van der Waals surface area contributed by atoms with Crippen LogP contribution in [0.3, 0.4) is 0 Å². The molecule has 0 aliphatic heterocycles. The van der Waals surface area contributed by atoms with Crippen molar-refractivity contribution >= 4 is 29.0 Å². The van der Waals surface area contributed by atoms with Gasteiger partial charge in [-0.1, -0.05) is 24.3 Å². The fraction of sp³-hybridized carbons (Fsp3) is 0.0455. The van der Waals surface area contributed by atoms with Gasteiger partial charge in [0, 0.05) is 0 Å². The number of halogens is 1. The summed E-state index contributed by atoms with van der Waals surface area (Å²) in [4.78, 5) is 17.1. The van der Waals surface area contributed by atoms with Crippen LogP contribution >= 0.6 is 0 Å². The monoisotopic (exact) mass is 445 g/mol. The summed E-state index contributed by atoms with van der Waals surface area (Å²) in [5.74, 6) is 0.294. The van der Waals surface area contributed by atoms with Gasteiger partial charge < -0.3 is 14.7 Å². The summed E-state index contributed by atoms with van der Waals surface area (Å²) in [5.41, 5.74) is 10.2. The third-order valence-corrected chi connectivity index (χ3v) is 4.83. The van der Waals surface area contributed by atoms with E-state index in [1.807, 2.05) is 18.2 Å². The Balaban J connectivity index is 1.33. The number of benzene rings is 2. The number of carbonyl (C=O) groups excluding carboxylic acids is 1. The molecule has 3 N–H and O–H groups in total. The van der Waals surface area contributed by atoms with Crippen LogP contribution < -0.4 is 11.2 Å². The van der Waals surface area contributed by atoms with E-state index in [1.54, 1.807) is 41.0 Å². The van der Waals surface area contributed by atoms with E-state index in [0.717, 1.165) is 0 Å². The minimum Gasteiger partial charge on any atom is -0.455 e. The highest BCUT2D eigenvalue weighted by Gasteiger charge is 2.20. The van der Waals surface area contributed by atoms with Gasteiger partial charge in [-0.25, -0.2) is 19.4 Å². The van der Waals surface area contributed by atoms with Crippen LogP contribution in [0.4, 0.5) is 10.2 Å². The number of nitrogen functional groups attached to an aromatic ring is 1. The number of carbonyl (C=O) groups is 1. The summed E-state index contributed by atoms with van der Waals surface area (Å²) in [6.07, 6.45) is 1.33. The Bertz CT molecular complexity index is 1480. The molecule has 33 heavy (non-hydrogen) atoms. The van der Waals surface area contributed by atoms with Gasteiger partial charge in [-0.15, -0.1) is 0 Å². The van der Waals surface area contributed by atoms with Gasteiger partial charge in [-0.2, -0.15) is 5.10 Å². The molecule has 0 unspecified atom stereocenters. The quantitative estimate of drug-likeness (QED) is 0.302. The summed E-state index contributed by atoms with van der Waals surface area (Å²) in [5, 5.41) is 11.3. The molecule has 0 bridgehead atoms. The minimum atomic E-state index is -0.424. The number of anilines is 1. The Labute approximate surface area is 185 Å². The highest BCUT2D eigenvalue weighted by Crippen LogP contribution is 2.26. The molecule has 164 valence electrons. The molecule has 5 aromatic rings. The topological polar surface area (TPSA) is 137 Å². The average Bonchev–Trinajstić information content (AvgIpc) is 3.53. The number of para-hydroxylation sites is 2. The third-order valence-electron chi connectivity index (χ3n) is 4.83. The van der Waals surface area contributed by atoms with Crippen molar-refractivity contribution in [1.29, 1.82) is 0 Å². The first-order chi connectivity index (χ1) is 16.1. The van der Waals surface area contributed by atoms with Crippen LogP contribution in [-0.2, 0) is 11.3 Å². The molecular formula is C22H16FN7O3. The first-order valence-electron chi connectivity index (χ1n) is 9.80. The molecule has 3 heterocycles. The molecule has 0 atom stereocenters. The number of imidazole rings is 1. The van der Waals surface area contributed by atoms with Gasteiger partial charge in [0.1, 0.15) is 23.9 Å². The van der Waals surface area contributed by atoms with Gasteiger partial charge in [0.25, 0.3) is 5.91 Å². The van der Waals surface area contributed by atoms with Crippen molar-refractivity contribution in [1.82, 2.24) is 25.3 Å². The van der Waals surface area contributed by atoms with E-state index in [1.165, 1.54) is 12.3 Å². The fourth-order valence-electron chi connectivity index (χ4n) is 3.34. The maximum atomic E-state index is 13.9. The normalized spacial score (nSPS) is 11.4. The lowest BCUT2D eigenvalue weighted by atomic mass is 10.1. The van der Waals surface area contributed by atoms with Crippen LogP contribution in [0, 0.1) is 5.82 Å². The molecule has 0 aliphatic carbocycles. The lowest BCUT2D eigenvalue weighted by Gasteiger charge is -2.06. The van der Waals surface area contributed by atoms with Gasteiger partial charge in [-0.05, 0) is 46.7 Å². The van der Waals surface area contributed by atoms with Crippen LogP contribution in [0.15, 0.2) is 74.8 Å². The standard InChI is InChI=1S/C22H16FN7O3/c23-15-6-2-1-5-14(15)18-10-9-13(32-18)11-25-27-19(31)12-30-17-8-4-3-7-16(17)26-22(30)20-21(24)29-33-28-20/h1-11H,12H2,(H2,24,29)(H,27,31). The Kier molecular flexibility index (Phi) is 5.11. The van der Waals surface area contributed by atoms with Gasteiger partial charge in [0.2, 0.25) is 0 Å². The Hall–Kier alpha value is -4.80. The molecule has 0 fully saturated rings. The largest absolute Gasteiger partial charge is 0.455 e. The SMILES string of the molecule is Nc1nonc1-c1nc2ccccc2n1CC(=O)NN=Cc1ccc(-c2ccccc2F)o1. The highest BCUT2D eigenvalue weighted by molar-refractivity contribution is 5.86. The second kappa shape index (κ2) is 8.38. The summed E-state index contributed by atoms with van der Waals surface area (Å²) in [6.45, 7) is -0.113. The number of nitrogens with zero attached hydrogens (tertiary/aromatic N) is 5. The van der Waals surface area contributed by atoms with Gasteiger partial charge in [0.05, 0.1) is 22.8 Å². The number of hydrogen-bond donors (Lipinski definition) is 2. The third kappa shape index (κ3) is 3.94. The van der Waals surface area contributed by atoms with Crippen molar-refractivity contribution < 1.29 is 18.2 Å². The molecule has 3 aromatic heterocycles. The van der Waals surface area contributed by atoms with Crippen LogP contribution in [0.5, 0.6) is 0 Å². The van der Waals surface area contributed by atoms with Crippen molar-refractivity contribution in [2.24, 2.45) is 5.10 Å². The summed E-state index contributed by atoms with van der Waals surface area (Å²) in [7, 11) is 0. The zero-order chi connectivity index (χ0) is 22.8. The Morgan fingerprint density at radius 1 is 1.12 bits per heavy atom. The van der Waals surface area contributed by atoms with Gasteiger partial charge >= 0.3 is 0 Å². The van der Waals surface area contributed by atoms with E-state index in [0.29, 0.717) is 33.9 Å². The zero-order valence-electron chi connectivity index (χ0n) is 17.0. The van der Waals surface area contributed by atoms with Crippen LogP contribution in [0.25, 0.3) is 33.9 Å². The molecule has 10 nitrogen and oxygen atoms in total. The predicted octanol–water partition coefficient (Wildman–Crippen LogP) is 3.22. The van der Waals surface area contributed by atoms with Crippen LogP contribution in [0.1, 0.15) is 5.76 Å². The lowest BCUT2D eigenvalue weighted by molar-refractivity contribution is -0.121. The zero-order valence-corrected chi connectivity index (χ0v) is 17.0. The first-order valence-corrected chi connectivity index (χ1v) is 9.80. The summed E-state index contributed by atoms with van der Waals surface area (Å²) in [6, 6.07) is 16.8. The van der Waals surface area contributed by atoms with Crippen molar-refractivity contribution in [3.63, 3.8) is 0 Å². The molecule has 0 saturated carbocycles. The van der Waals surface area contributed by atoms with Gasteiger partial charge in [0.15, 0.2) is 17.3 Å². The minimum absolute atomic E-state index is 0.0634. The number of furan rings is 1. The number of rotatable bonds is 6. The second-order valence-corrected chi connectivity index (χ2v) is 6.98. The smallest absolute Gasteiger partial charge is 0.260 e. The van der Waals surface area contributed by atoms with E-state index in [2.05, 4.69) is 30.5 Å². The molecule has 0 radical (unpaired) electrons. The second-order valence-electron chi connectivity index (χ2n) is 6.98. The Morgan fingerprint density at radius 3 is 2.76 bits per heavy atom. The predicted molar refractivity (Wildman–Crippen MR) is 117 cm³/mol. The van der Waals surface area contributed by atoms with Crippen LogP contribution in [0.2, 0.25) is 0 Å². The number of nitrogens with two attached hydrogens (primary N) is 1. The maximum Gasteiger partial charge on any atom is 0.260 e. The maximum absolute atomic E-state index is 13.9. The molecule has 1 amide bonds. The molecule has 0 spiro atoms. The summed E-state index contributed by atoms with van der Waals surface area (Å²) < 4.78 is 25.8. The number of aromatic nitrogens is 4. The molecule has 0 aliphatic rings. The fourth-order valence-corrected chi connectivity index (χ4v) is 3.34. The number of nitrogens with one attached hydrogen (secondary N) is 1. The Morgan fingerprint density at radius 2 is 1.94 bits per heavy atom. The van der Waals surface area contributed by atoms with E-state index < -0.39 is 11.7 Å². The van der Waals surface area contributed by atoms with E-state index in [4.69, 9.17) is 10.2 Å². The first kappa shape index (κ1) is 20.1. The average molecular weight is 445 g/mol. The van der Waals surface area contributed by atoms with Crippen LogP contribution in [-0.4, -0.2) is 32.0 Å². The summed E-state index contributed by atoms with van der Waals surface area (Å²) >= 11 is 0. The molecular weight excluding hydrogens is 429 g/mol. The molecule has 5 rings (SSSR count). The highest BCUT2D eigenvalue weighted by atomic mass is 19.1. The van der Waals surface area contributed by atoms with Crippen molar-refractivity contribution in [2.45, 2.75) is 6.54 Å². The van der Waals surface area contributed by atoms with Crippen molar-refractivity contribution in [3.05, 3.63) is 72.2 Å². The molecule has 0 saturated heterocycles. The molecule has 11 heteroatoms. The number of hydrogen-bond acceptors (Lipinski definition) is 8.